The molecule has 0 aliphatic rings. The van der Waals surface area contributed by atoms with Crippen molar-refractivity contribution in [1.82, 2.24) is 4.57 Å². The quantitative estimate of drug-likeness (QED) is 0.209. The number of carboxylic acids is 1. The van der Waals surface area contributed by atoms with Crippen LogP contribution in [-0.4, -0.2) is 47.4 Å². The van der Waals surface area contributed by atoms with E-state index in [2.05, 4.69) is 4.18 Å². The molecule has 0 aliphatic carbocycles. The van der Waals surface area contributed by atoms with Gasteiger partial charge in [-0.3, -0.25) is 4.79 Å². The van der Waals surface area contributed by atoms with Crippen LogP contribution in [0, 0.1) is 11.7 Å². The smallest absolute Gasteiger partial charge is 0.716 e. The van der Waals surface area contributed by atoms with Gasteiger partial charge in [0, 0.05) is 24.1 Å². The topological polar surface area (TPSA) is 155 Å². The third-order valence-corrected chi connectivity index (χ3v) is 6.41. The SMILES string of the molecule is COc1cc2c(cc1Cc1ccc(OS(=O)(=O)[O-])c(Cl)c1F)c(=O)c(C(=O)O)cn2[C@H](CO)C(C)C.[Na+]. The number of halogens is 2. The summed E-state index contributed by atoms with van der Waals surface area (Å²) >= 11 is 5.84. The fourth-order valence-corrected chi connectivity index (χ4v) is 4.51. The van der Waals surface area contributed by atoms with E-state index in [1.54, 1.807) is 0 Å². The molecule has 0 aliphatic heterocycles. The number of aliphatic hydroxyl groups is 1. The van der Waals surface area contributed by atoms with Crippen molar-refractivity contribution in [2.24, 2.45) is 5.92 Å². The molecule has 194 valence electrons. The average molecular weight is 566 g/mol. The predicted molar refractivity (Wildman–Crippen MR) is 127 cm³/mol. The number of nitrogens with zero attached hydrogens (tertiary/aromatic N) is 1. The zero-order valence-corrected chi connectivity index (χ0v) is 23.9. The van der Waals surface area contributed by atoms with E-state index in [-0.39, 0.29) is 65.2 Å². The molecule has 37 heavy (non-hydrogen) atoms. The van der Waals surface area contributed by atoms with Crippen LogP contribution in [0.15, 0.2) is 35.3 Å². The molecule has 0 amide bonds. The van der Waals surface area contributed by atoms with E-state index in [9.17, 15) is 37.2 Å². The number of aliphatic hydroxyl groups excluding tert-OH is 1. The summed E-state index contributed by atoms with van der Waals surface area (Å²) in [6, 6.07) is 4.46. The van der Waals surface area contributed by atoms with Gasteiger partial charge < -0.3 is 28.3 Å². The van der Waals surface area contributed by atoms with Gasteiger partial charge >= 0.3 is 35.5 Å². The van der Waals surface area contributed by atoms with Crippen LogP contribution in [0.2, 0.25) is 5.02 Å². The molecule has 0 saturated heterocycles. The summed E-state index contributed by atoms with van der Waals surface area (Å²) in [7, 11) is -3.83. The number of rotatable bonds is 9. The average Bonchev–Trinajstić information content (AvgIpc) is 2.79. The van der Waals surface area contributed by atoms with Crippen molar-refractivity contribution in [2.45, 2.75) is 26.3 Å². The fourth-order valence-electron chi connectivity index (χ4n) is 3.88. The van der Waals surface area contributed by atoms with Crippen LogP contribution >= 0.6 is 11.6 Å². The molecule has 0 radical (unpaired) electrons. The van der Waals surface area contributed by atoms with E-state index in [0.717, 1.165) is 12.1 Å². The van der Waals surface area contributed by atoms with Crippen molar-refractivity contribution in [3.05, 3.63) is 68.2 Å². The zero-order chi connectivity index (χ0) is 26.9. The standard InChI is InChI=1S/C23H23ClFNO9S.Na/c1-11(2)17(10-27)26-9-15(23(29)30)22(28)14-7-13(19(34-3)8-16(14)26)6-12-4-5-18(20(24)21(12)25)35-36(31,32)33;/h4-5,7-9,11,17,27H,6,10H2,1-3H3,(H,29,30)(H,31,32,33);/q;+1/p-1/t17-;/m1./s1. The van der Waals surface area contributed by atoms with E-state index >= 15 is 0 Å². The van der Waals surface area contributed by atoms with Gasteiger partial charge in [0.15, 0.2) is 5.75 Å². The van der Waals surface area contributed by atoms with Gasteiger partial charge in [0.25, 0.3) is 10.4 Å². The van der Waals surface area contributed by atoms with Gasteiger partial charge in [0.1, 0.15) is 22.2 Å². The molecule has 10 nitrogen and oxygen atoms in total. The Balaban J connectivity index is 0.00000481. The number of fused-ring (bicyclic) bond motifs is 1. The molecule has 0 spiro atoms. The van der Waals surface area contributed by atoms with Crippen LogP contribution in [0.3, 0.4) is 0 Å². The normalized spacial score (nSPS) is 12.3. The molecule has 0 bridgehead atoms. The molecule has 0 unspecified atom stereocenters. The number of aromatic carboxylic acids is 1. The minimum atomic E-state index is -5.18. The minimum absolute atomic E-state index is 0. The van der Waals surface area contributed by atoms with Gasteiger partial charge in [-0.05, 0) is 29.2 Å². The number of aromatic nitrogens is 1. The Morgan fingerprint density at radius 1 is 1.22 bits per heavy atom. The van der Waals surface area contributed by atoms with Gasteiger partial charge in [-0.2, -0.15) is 0 Å². The number of hydrogen-bond acceptors (Lipinski definition) is 8. The third kappa shape index (κ3) is 6.63. The summed E-state index contributed by atoms with van der Waals surface area (Å²) in [5.41, 5.74) is -0.727. The maximum absolute atomic E-state index is 14.9. The van der Waals surface area contributed by atoms with Crippen LogP contribution in [0.1, 0.15) is 41.4 Å². The molecule has 0 fully saturated rings. The first-order valence-corrected chi connectivity index (χ1v) is 12.2. The van der Waals surface area contributed by atoms with E-state index in [1.165, 1.54) is 30.0 Å². The van der Waals surface area contributed by atoms with E-state index in [1.807, 2.05) is 13.8 Å². The largest absolute Gasteiger partial charge is 1.00 e. The summed E-state index contributed by atoms with van der Waals surface area (Å²) in [6.07, 6.45) is 0.981. The van der Waals surface area contributed by atoms with Crippen molar-refractivity contribution < 1.29 is 70.8 Å². The van der Waals surface area contributed by atoms with Crippen molar-refractivity contribution in [3.8, 4) is 11.5 Å². The Bertz CT molecular complexity index is 1510. The summed E-state index contributed by atoms with van der Waals surface area (Å²) in [5, 5.41) is 18.8. The van der Waals surface area contributed by atoms with Gasteiger partial charge in [-0.15, -0.1) is 0 Å². The summed E-state index contributed by atoms with van der Waals surface area (Å²) in [5.74, 6) is -3.08. The molecular formula is C23H22ClFNNaO9S. The number of ether oxygens (including phenoxy) is 1. The van der Waals surface area contributed by atoms with Crippen molar-refractivity contribution in [2.75, 3.05) is 13.7 Å². The first kappa shape index (κ1) is 31.0. The Morgan fingerprint density at radius 2 is 1.86 bits per heavy atom. The summed E-state index contributed by atoms with van der Waals surface area (Å²) in [4.78, 5) is 24.8. The van der Waals surface area contributed by atoms with Gasteiger partial charge in [-0.1, -0.05) is 31.5 Å². The molecule has 2 aromatic carbocycles. The second kappa shape index (κ2) is 12.1. The maximum atomic E-state index is 14.9. The van der Waals surface area contributed by atoms with E-state index in [0.29, 0.717) is 11.1 Å². The van der Waals surface area contributed by atoms with Crippen molar-refractivity contribution >= 4 is 38.9 Å². The van der Waals surface area contributed by atoms with Crippen LogP contribution in [-0.2, 0) is 16.8 Å². The second-order valence-corrected chi connectivity index (χ2v) is 9.64. The number of carbonyl (C=O) groups is 1. The molecule has 14 heteroatoms. The molecule has 2 N–H and O–H groups in total. The first-order valence-electron chi connectivity index (χ1n) is 10.5. The van der Waals surface area contributed by atoms with E-state index < -0.39 is 50.0 Å². The van der Waals surface area contributed by atoms with Crippen molar-refractivity contribution in [1.29, 1.82) is 0 Å². The molecule has 1 aromatic heterocycles. The van der Waals surface area contributed by atoms with Crippen LogP contribution in [0.25, 0.3) is 10.9 Å². The Labute approximate surface area is 238 Å². The van der Waals surface area contributed by atoms with Crippen LogP contribution in [0.5, 0.6) is 11.5 Å². The maximum Gasteiger partial charge on any atom is 1.00 e. The monoisotopic (exact) mass is 565 g/mol. The number of benzene rings is 2. The molecule has 3 rings (SSSR count). The molecule has 1 atom stereocenters. The number of methoxy groups -OCH3 is 1. The van der Waals surface area contributed by atoms with E-state index in [4.69, 9.17) is 16.3 Å². The summed E-state index contributed by atoms with van der Waals surface area (Å²) in [6.45, 7) is 3.33. The Morgan fingerprint density at radius 3 is 2.38 bits per heavy atom. The molecule has 3 aromatic rings. The van der Waals surface area contributed by atoms with Crippen LogP contribution < -0.4 is 43.9 Å². The van der Waals surface area contributed by atoms with Gasteiger partial charge in [0.2, 0.25) is 5.43 Å². The second-order valence-electron chi connectivity index (χ2n) is 8.28. The molecule has 1 heterocycles. The first-order chi connectivity index (χ1) is 16.8. The molecular weight excluding hydrogens is 544 g/mol. The van der Waals surface area contributed by atoms with Crippen LogP contribution in [0.4, 0.5) is 4.39 Å². The number of hydrogen-bond donors (Lipinski definition) is 2. The minimum Gasteiger partial charge on any atom is -0.716 e. The van der Waals surface area contributed by atoms with Crippen molar-refractivity contribution in [3.63, 3.8) is 0 Å². The van der Waals surface area contributed by atoms with Gasteiger partial charge in [0.05, 0.1) is 25.3 Å². The number of carboxylic acid groups (broad SMARTS) is 1. The Kier molecular flexibility index (Phi) is 10.2. The third-order valence-electron chi connectivity index (χ3n) is 5.68. The zero-order valence-electron chi connectivity index (χ0n) is 20.3. The Hall–Kier alpha value is -2.19. The fraction of sp³-hybridized carbons (Fsp3) is 0.304. The summed E-state index contributed by atoms with van der Waals surface area (Å²) < 4.78 is 58.5. The predicted octanol–water partition coefficient (Wildman–Crippen LogP) is 0.124. The number of pyridine rings is 1. The van der Waals surface area contributed by atoms with Gasteiger partial charge in [-0.25, -0.2) is 17.6 Å². The molecule has 0 saturated carbocycles.